The molecule has 3 rings (SSSR count). The van der Waals surface area contributed by atoms with Crippen LogP contribution in [0.2, 0.25) is 0 Å². The topological polar surface area (TPSA) is 119 Å². The zero-order valence-electron chi connectivity index (χ0n) is 16.4. The molecule has 0 saturated carbocycles. The molecule has 1 atom stereocenters. The van der Waals surface area contributed by atoms with Crippen molar-refractivity contribution in [1.29, 1.82) is 5.26 Å². The average Bonchev–Trinajstić information content (AvgIpc) is 3.26. The van der Waals surface area contributed by atoms with Crippen molar-refractivity contribution >= 4 is 17.7 Å². The minimum Gasteiger partial charge on any atom is -0.384 e. The average molecular weight is 395 g/mol. The minimum atomic E-state index is -0.471. The van der Waals surface area contributed by atoms with Gasteiger partial charge in [0.15, 0.2) is 6.26 Å². The van der Waals surface area contributed by atoms with E-state index in [4.69, 9.17) is 0 Å². The van der Waals surface area contributed by atoms with Crippen LogP contribution in [0.15, 0.2) is 40.6 Å². The van der Waals surface area contributed by atoms with Gasteiger partial charge >= 0.3 is 0 Å². The predicted molar refractivity (Wildman–Crippen MR) is 109 cm³/mol. The van der Waals surface area contributed by atoms with Gasteiger partial charge in [-0.3, -0.25) is 9.69 Å². The second-order valence-corrected chi connectivity index (χ2v) is 6.84. The summed E-state index contributed by atoms with van der Waals surface area (Å²) in [6, 6.07) is 9.56. The SMILES string of the molecule is CC(NC(=O)/C(C#N)=C/c1conn1)c1ccc(NCCN2CCNCC2)cc1. The van der Waals surface area contributed by atoms with Crippen molar-refractivity contribution in [2.75, 3.05) is 44.6 Å². The van der Waals surface area contributed by atoms with E-state index in [2.05, 4.69) is 35.7 Å². The lowest BCUT2D eigenvalue weighted by molar-refractivity contribution is -0.117. The molecule has 1 aliphatic rings. The third-order valence-electron chi connectivity index (χ3n) is 4.76. The zero-order valence-corrected chi connectivity index (χ0v) is 16.4. The maximum absolute atomic E-state index is 12.3. The second-order valence-electron chi connectivity index (χ2n) is 6.84. The molecular formula is C20H25N7O2. The van der Waals surface area contributed by atoms with Crippen LogP contribution in [0.25, 0.3) is 6.08 Å². The van der Waals surface area contributed by atoms with Crippen molar-refractivity contribution in [3.63, 3.8) is 0 Å². The van der Waals surface area contributed by atoms with Crippen LogP contribution in [0, 0.1) is 11.3 Å². The Labute approximate surface area is 169 Å². The highest BCUT2D eigenvalue weighted by atomic mass is 16.5. The molecule has 1 amide bonds. The van der Waals surface area contributed by atoms with Crippen molar-refractivity contribution in [2.24, 2.45) is 0 Å². The number of carbonyl (C=O) groups is 1. The van der Waals surface area contributed by atoms with Gasteiger partial charge in [0, 0.05) is 50.2 Å². The Morgan fingerprint density at radius 3 is 2.79 bits per heavy atom. The Hall–Kier alpha value is -3.22. The van der Waals surface area contributed by atoms with E-state index in [1.165, 1.54) is 12.3 Å². The largest absolute Gasteiger partial charge is 0.384 e. The minimum absolute atomic E-state index is 0.0567. The first-order chi connectivity index (χ1) is 14.2. The van der Waals surface area contributed by atoms with Crippen molar-refractivity contribution in [2.45, 2.75) is 13.0 Å². The molecule has 0 bridgehead atoms. The van der Waals surface area contributed by atoms with Gasteiger partial charge in [-0.2, -0.15) is 5.26 Å². The number of piperazine rings is 1. The molecular weight excluding hydrogens is 370 g/mol. The normalized spacial score (nSPS) is 16.1. The van der Waals surface area contributed by atoms with Gasteiger partial charge in [-0.15, -0.1) is 5.10 Å². The van der Waals surface area contributed by atoms with Crippen LogP contribution in [0.1, 0.15) is 24.2 Å². The van der Waals surface area contributed by atoms with Crippen molar-refractivity contribution in [1.82, 2.24) is 25.9 Å². The summed E-state index contributed by atoms with van der Waals surface area (Å²) in [5.74, 6) is -0.471. The summed E-state index contributed by atoms with van der Waals surface area (Å²) in [5.41, 5.74) is 2.25. The maximum Gasteiger partial charge on any atom is 0.262 e. The van der Waals surface area contributed by atoms with E-state index in [1.54, 1.807) is 0 Å². The third-order valence-corrected chi connectivity index (χ3v) is 4.76. The van der Waals surface area contributed by atoms with Crippen molar-refractivity contribution in [3.05, 3.63) is 47.4 Å². The number of hydrogen-bond acceptors (Lipinski definition) is 8. The molecule has 9 heteroatoms. The molecule has 9 nitrogen and oxygen atoms in total. The summed E-state index contributed by atoms with van der Waals surface area (Å²) in [4.78, 5) is 14.8. The van der Waals surface area contributed by atoms with E-state index in [0.717, 1.165) is 50.5 Å². The highest BCUT2D eigenvalue weighted by Crippen LogP contribution is 2.17. The molecule has 1 aromatic heterocycles. The van der Waals surface area contributed by atoms with Gasteiger partial charge in [0.05, 0.1) is 6.04 Å². The van der Waals surface area contributed by atoms with Crippen LogP contribution in [0.5, 0.6) is 0 Å². The Morgan fingerprint density at radius 1 is 1.38 bits per heavy atom. The summed E-state index contributed by atoms with van der Waals surface area (Å²) in [6.07, 6.45) is 2.60. The first-order valence-electron chi connectivity index (χ1n) is 9.62. The van der Waals surface area contributed by atoms with Gasteiger partial charge in [-0.1, -0.05) is 12.1 Å². The highest BCUT2D eigenvalue weighted by molar-refractivity contribution is 6.01. The van der Waals surface area contributed by atoms with E-state index in [-0.39, 0.29) is 11.6 Å². The number of anilines is 1. The molecule has 1 unspecified atom stereocenters. The molecule has 2 heterocycles. The summed E-state index contributed by atoms with van der Waals surface area (Å²) in [5, 5.41) is 25.8. The van der Waals surface area contributed by atoms with Crippen LogP contribution < -0.4 is 16.0 Å². The van der Waals surface area contributed by atoms with Gasteiger partial charge in [0.1, 0.15) is 17.3 Å². The molecule has 0 radical (unpaired) electrons. The fourth-order valence-electron chi connectivity index (χ4n) is 3.07. The van der Waals surface area contributed by atoms with Crippen molar-refractivity contribution in [3.8, 4) is 6.07 Å². The molecule has 1 aromatic carbocycles. The molecule has 29 heavy (non-hydrogen) atoms. The van der Waals surface area contributed by atoms with Gasteiger partial charge in [-0.05, 0) is 30.7 Å². The summed E-state index contributed by atoms with van der Waals surface area (Å²) in [7, 11) is 0. The first kappa shape index (κ1) is 20.5. The van der Waals surface area contributed by atoms with Crippen LogP contribution in [0.4, 0.5) is 5.69 Å². The first-order valence-corrected chi connectivity index (χ1v) is 9.62. The number of hydrogen-bond donors (Lipinski definition) is 3. The standard InChI is InChI=1S/C20H25N7O2/c1-15(24-20(28)17(13-21)12-19-14-29-26-25-19)16-2-4-18(5-3-16)23-8-11-27-9-6-22-7-10-27/h2-5,12,14-15,22-23H,6-11H2,1H3,(H,24,28)/b17-12+. The van der Waals surface area contributed by atoms with Gasteiger partial charge < -0.3 is 20.5 Å². The Morgan fingerprint density at radius 2 is 2.14 bits per heavy atom. The number of nitrogens with zero attached hydrogens (tertiary/aromatic N) is 4. The number of rotatable bonds is 8. The Kier molecular flexibility index (Phi) is 7.33. The fourth-order valence-corrected chi connectivity index (χ4v) is 3.07. The predicted octanol–water partition coefficient (Wildman–Crippen LogP) is 1.17. The summed E-state index contributed by atoms with van der Waals surface area (Å²) >= 11 is 0. The number of aromatic nitrogens is 2. The fraction of sp³-hybridized carbons (Fsp3) is 0.400. The zero-order chi connectivity index (χ0) is 20.5. The van der Waals surface area contributed by atoms with Crippen LogP contribution in [0.3, 0.4) is 0 Å². The van der Waals surface area contributed by atoms with E-state index in [9.17, 15) is 10.1 Å². The number of amides is 1. The van der Waals surface area contributed by atoms with Crippen LogP contribution in [-0.2, 0) is 4.79 Å². The van der Waals surface area contributed by atoms with Crippen LogP contribution in [-0.4, -0.2) is 60.4 Å². The summed E-state index contributed by atoms with van der Waals surface area (Å²) in [6.45, 7) is 8.05. The highest BCUT2D eigenvalue weighted by Gasteiger charge is 2.15. The number of carbonyl (C=O) groups excluding carboxylic acids is 1. The van der Waals surface area contributed by atoms with Crippen molar-refractivity contribution < 1.29 is 9.32 Å². The number of benzene rings is 1. The molecule has 0 spiro atoms. The molecule has 1 fully saturated rings. The Balaban J connectivity index is 1.49. The maximum atomic E-state index is 12.3. The smallest absolute Gasteiger partial charge is 0.262 e. The molecule has 2 aromatic rings. The van der Waals surface area contributed by atoms with Gasteiger partial charge in [0.25, 0.3) is 5.91 Å². The quantitative estimate of drug-likeness (QED) is 0.450. The monoisotopic (exact) mass is 395 g/mol. The number of nitrogens with one attached hydrogen (secondary N) is 3. The lowest BCUT2D eigenvalue weighted by Gasteiger charge is -2.27. The molecule has 152 valence electrons. The lowest BCUT2D eigenvalue weighted by atomic mass is 10.1. The van der Waals surface area contributed by atoms with E-state index >= 15 is 0 Å². The van der Waals surface area contributed by atoms with E-state index in [1.807, 2.05) is 37.3 Å². The molecule has 3 N–H and O–H groups in total. The molecule has 0 aliphatic carbocycles. The van der Waals surface area contributed by atoms with Gasteiger partial charge in [0.2, 0.25) is 0 Å². The Bertz CT molecular complexity index is 850. The second kappa shape index (κ2) is 10.4. The molecule has 1 aliphatic heterocycles. The van der Waals surface area contributed by atoms with Crippen LogP contribution >= 0.6 is 0 Å². The van der Waals surface area contributed by atoms with E-state index < -0.39 is 5.91 Å². The molecule has 1 saturated heterocycles. The lowest BCUT2D eigenvalue weighted by Crippen LogP contribution is -2.45. The van der Waals surface area contributed by atoms with Gasteiger partial charge in [-0.25, -0.2) is 0 Å². The summed E-state index contributed by atoms with van der Waals surface area (Å²) < 4.78 is 4.61. The number of nitriles is 1. The van der Waals surface area contributed by atoms with E-state index in [0.29, 0.717) is 5.69 Å². The third kappa shape index (κ3) is 6.14.